The number of ether oxygens (including phenoxy) is 1. The summed E-state index contributed by atoms with van der Waals surface area (Å²) in [6, 6.07) is 22.2. The maximum Gasteiger partial charge on any atom is 0.261 e. The quantitative estimate of drug-likeness (QED) is 0.249. The van der Waals surface area contributed by atoms with Crippen LogP contribution in [-0.2, 0) is 28.0 Å². The van der Waals surface area contributed by atoms with Crippen molar-refractivity contribution in [3.63, 3.8) is 0 Å². The summed E-state index contributed by atoms with van der Waals surface area (Å²) in [6.45, 7) is 11.0. The molecule has 0 fully saturated rings. The molecule has 0 heterocycles. The molecule has 0 bridgehead atoms. The first-order chi connectivity index (χ1) is 18.5. The maximum absolute atomic E-state index is 13.8. The fourth-order valence-electron chi connectivity index (χ4n) is 4.09. The molecule has 2 amide bonds. The second kappa shape index (κ2) is 14.0. The predicted molar refractivity (Wildman–Crippen MR) is 162 cm³/mol. The smallest absolute Gasteiger partial charge is 0.261 e. The molecular weight excluding hydrogens is 576 g/mol. The van der Waals surface area contributed by atoms with Crippen LogP contribution >= 0.6 is 27.5 Å². The number of rotatable bonds is 11. The minimum Gasteiger partial charge on any atom is -0.483 e. The Balaban J connectivity index is 1.91. The van der Waals surface area contributed by atoms with Crippen molar-refractivity contribution in [1.29, 1.82) is 0 Å². The second-order valence-electron chi connectivity index (χ2n) is 11.1. The van der Waals surface area contributed by atoms with Crippen LogP contribution in [0.1, 0.15) is 51.3 Å². The molecular formula is C32H38BrClN2O3. The van der Waals surface area contributed by atoms with Gasteiger partial charge in [-0.15, -0.1) is 0 Å². The van der Waals surface area contributed by atoms with E-state index in [-0.39, 0.29) is 36.3 Å². The number of nitrogens with one attached hydrogen (secondary N) is 1. The predicted octanol–water partition coefficient (Wildman–Crippen LogP) is 7.19. The molecule has 0 aliphatic heterocycles. The fourth-order valence-corrected chi connectivity index (χ4v) is 4.78. The van der Waals surface area contributed by atoms with Gasteiger partial charge in [0.2, 0.25) is 5.91 Å². The topological polar surface area (TPSA) is 58.6 Å². The molecule has 0 saturated carbocycles. The van der Waals surface area contributed by atoms with Crippen molar-refractivity contribution >= 4 is 39.3 Å². The van der Waals surface area contributed by atoms with E-state index >= 15 is 0 Å². The fraction of sp³-hybridized carbons (Fsp3) is 0.375. The lowest BCUT2D eigenvalue weighted by molar-refractivity contribution is -0.142. The average molecular weight is 614 g/mol. The summed E-state index contributed by atoms with van der Waals surface area (Å²) in [5, 5.41) is 3.57. The van der Waals surface area contributed by atoms with Crippen molar-refractivity contribution in [3.8, 4) is 5.75 Å². The lowest BCUT2D eigenvalue weighted by Crippen LogP contribution is -2.52. The van der Waals surface area contributed by atoms with Crippen LogP contribution in [0, 0.1) is 5.92 Å². The lowest BCUT2D eigenvalue weighted by Gasteiger charge is -2.32. The van der Waals surface area contributed by atoms with E-state index in [1.54, 1.807) is 11.0 Å². The van der Waals surface area contributed by atoms with E-state index in [4.69, 9.17) is 16.3 Å². The van der Waals surface area contributed by atoms with E-state index in [0.717, 1.165) is 21.2 Å². The number of hydrogen-bond acceptors (Lipinski definition) is 3. The maximum atomic E-state index is 13.8. The van der Waals surface area contributed by atoms with Crippen LogP contribution in [0.15, 0.2) is 77.3 Å². The summed E-state index contributed by atoms with van der Waals surface area (Å²) >= 11 is 10.1. The van der Waals surface area contributed by atoms with Gasteiger partial charge < -0.3 is 15.0 Å². The molecule has 0 radical (unpaired) electrons. The zero-order valence-corrected chi connectivity index (χ0v) is 25.7. The molecule has 1 N–H and O–H groups in total. The number of carbonyl (C=O) groups excluding carboxylic acids is 2. The molecule has 39 heavy (non-hydrogen) atoms. The number of benzene rings is 3. The third kappa shape index (κ3) is 9.11. The number of carbonyl (C=O) groups is 2. The number of halogens is 2. The molecule has 0 aliphatic carbocycles. The second-order valence-corrected chi connectivity index (χ2v) is 12.4. The van der Waals surface area contributed by atoms with Crippen molar-refractivity contribution in [2.24, 2.45) is 5.92 Å². The Morgan fingerprint density at radius 1 is 1.00 bits per heavy atom. The van der Waals surface area contributed by atoms with Crippen LogP contribution in [0.4, 0.5) is 0 Å². The number of amides is 2. The highest BCUT2D eigenvalue weighted by Gasteiger charge is 2.31. The van der Waals surface area contributed by atoms with E-state index in [1.807, 2.05) is 80.6 Å². The molecule has 0 saturated heterocycles. The normalized spacial score (nSPS) is 12.2. The third-order valence-electron chi connectivity index (χ3n) is 6.40. The SMILES string of the molecule is CC(C)CNC(=O)[C@@H](Cc1ccccc1)N(Cc1ccccc1Cl)C(=O)COc1ccc(C(C)(C)C)cc1Br. The molecule has 0 unspecified atom stereocenters. The van der Waals surface area contributed by atoms with Crippen molar-refractivity contribution in [2.45, 2.75) is 59.0 Å². The van der Waals surface area contributed by atoms with Crippen LogP contribution < -0.4 is 10.1 Å². The molecule has 3 aromatic carbocycles. The van der Waals surface area contributed by atoms with Gasteiger partial charge in [-0.25, -0.2) is 0 Å². The average Bonchev–Trinajstić information content (AvgIpc) is 2.89. The summed E-state index contributed by atoms with van der Waals surface area (Å²) in [7, 11) is 0. The molecule has 0 aliphatic rings. The molecule has 5 nitrogen and oxygen atoms in total. The van der Waals surface area contributed by atoms with Gasteiger partial charge in [0.25, 0.3) is 5.91 Å². The number of nitrogens with zero attached hydrogens (tertiary/aromatic N) is 1. The summed E-state index contributed by atoms with van der Waals surface area (Å²) in [5.74, 6) is 0.333. The Labute approximate surface area is 246 Å². The first-order valence-corrected chi connectivity index (χ1v) is 14.4. The highest BCUT2D eigenvalue weighted by Crippen LogP contribution is 2.31. The van der Waals surface area contributed by atoms with Gasteiger partial charge in [0.1, 0.15) is 11.8 Å². The minimum atomic E-state index is -0.745. The Morgan fingerprint density at radius 2 is 1.67 bits per heavy atom. The van der Waals surface area contributed by atoms with Crippen LogP contribution in [0.3, 0.4) is 0 Å². The van der Waals surface area contributed by atoms with E-state index in [2.05, 4.69) is 42.0 Å². The van der Waals surface area contributed by atoms with Crippen LogP contribution in [0.2, 0.25) is 5.02 Å². The zero-order valence-electron chi connectivity index (χ0n) is 23.3. The molecule has 208 valence electrons. The van der Waals surface area contributed by atoms with Gasteiger partial charge in [-0.1, -0.05) is 101 Å². The van der Waals surface area contributed by atoms with E-state index in [0.29, 0.717) is 23.7 Å². The Morgan fingerprint density at radius 3 is 2.28 bits per heavy atom. The van der Waals surface area contributed by atoms with E-state index in [9.17, 15) is 9.59 Å². The first-order valence-electron chi connectivity index (χ1n) is 13.2. The molecule has 0 spiro atoms. The van der Waals surface area contributed by atoms with Gasteiger partial charge in [-0.3, -0.25) is 9.59 Å². The molecule has 3 aromatic rings. The van der Waals surface area contributed by atoms with Gasteiger partial charge in [0.15, 0.2) is 6.61 Å². The van der Waals surface area contributed by atoms with Gasteiger partial charge in [-0.2, -0.15) is 0 Å². The Bertz CT molecular complexity index is 1260. The van der Waals surface area contributed by atoms with Crippen LogP contribution in [-0.4, -0.2) is 35.9 Å². The van der Waals surface area contributed by atoms with Gasteiger partial charge in [0.05, 0.1) is 4.47 Å². The molecule has 3 rings (SSSR count). The van der Waals surface area contributed by atoms with Crippen LogP contribution in [0.25, 0.3) is 0 Å². The van der Waals surface area contributed by atoms with E-state index < -0.39 is 6.04 Å². The summed E-state index contributed by atoms with van der Waals surface area (Å²) in [5.41, 5.74) is 2.85. The van der Waals surface area contributed by atoms with Crippen molar-refractivity contribution in [2.75, 3.05) is 13.2 Å². The summed E-state index contributed by atoms with van der Waals surface area (Å²) in [4.78, 5) is 28.9. The highest BCUT2D eigenvalue weighted by atomic mass is 79.9. The largest absolute Gasteiger partial charge is 0.483 e. The van der Waals surface area contributed by atoms with Gasteiger partial charge in [0, 0.05) is 24.5 Å². The molecule has 1 atom stereocenters. The third-order valence-corrected chi connectivity index (χ3v) is 7.39. The Kier molecular flexibility index (Phi) is 11.0. The number of hydrogen-bond donors (Lipinski definition) is 1. The van der Waals surface area contributed by atoms with Gasteiger partial charge in [-0.05, 0) is 62.2 Å². The van der Waals surface area contributed by atoms with Gasteiger partial charge >= 0.3 is 0 Å². The van der Waals surface area contributed by atoms with E-state index in [1.165, 1.54) is 0 Å². The van der Waals surface area contributed by atoms with Crippen molar-refractivity contribution in [3.05, 3.63) is 99.0 Å². The standard InChI is InChI=1S/C32H38BrClN2O3/c1-22(2)19-35-31(38)28(17-23-11-7-6-8-12-23)36(20-24-13-9-10-14-27(24)34)30(37)21-39-29-16-15-25(18-26(29)33)32(3,4)5/h6-16,18,22,28H,17,19-21H2,1-5H3,(H,35,38)/t28-/m1/s1. The zero-order chi connectivity index (χ0) is 28.6. The molecule has 7 heteroatoms. The summed E-state index contributed by atoms with van der Waals surface area (Å²) < 4.78 is 6.76. The monoisotopic (exact) mass is 612 g/mol. The first kappa shape index (κ1) is 30.7. The molecule has 0 aromatic heterocycles. The lowest BCUT2D eigenvalue weighted by atomic mass is 9.87. The van der Waals surface area contributed by atoms with Crippen LogP contribution in [0.5, 0.6) is 5.75 Å². The minimum absolute atomic E-state index is 0.0172. The highest BCUT2D eigenvalue weighted by molar-refractivity contribution is 9.10. The van der Waals surface area contributed by atoms with Crippen molar-refractivity contribution in [1.82, 2.24) is 10.2 Å². The Hall–Kier alpha value is -2.83. The van der Waals surface area contributed by atoms with Crippen molar-refractivity contribution < 1.29 is 14.3 Å². The summed E-state index contributed by atoms with van der Waals surface area (Å²) in [6.07, 6.45) is 0.366.